The third-order valence-electron chi connectivity index (χ3n) is 7.44. The molecule has 12 heteroatoms. The Hall–Kier alpha value is -4.90. The van der Waals surface area contributed by atoms with Crippen molar-refractivity contribution in [2.45, 2.75) is 58.6 Å². The molecule has 0 spiro atoms. The number of hydrogen-bond donors (Lipinski definition) is 2. The summed E-state index contributed by atoms with van der Waals surface area (Å²) < 4.78 is 12.2. The van der Waals surface area contributed by atoms with Crippen LogP contribution in [0.1, 0.15) is 79.7 Å². The number of nitrogens with two attached hydrogens (primary N) is 1. The molecule has 11 nitrogen and oxygen atoms in total. The van der Waals surface area contributed by atoms with Crippen molar-refractivity contribution in [3.05, 3.63) is 89.0 Å². The summed E-state index contributed by atoms with van der Waals surface area (Å²) >= 11 is 6.01. The van der Waals surface area contributed by atoms with Crippen molar-refractivity contribution in [2.24, 2.45) is 0 Å². The first-order valence-corrected chi connectivity index (χ1v) is 15.5. The SMILES string of the molecule is CCOC(=O)c1c(-c2ccc(C(=O)Nc3cc(-c4ccc(Cl)cc4)ccn3)cc2)nc(C2CCCCN2C(=O)OC(C)(C)C)n1N. The molecule has 1 fully saturated rings. The van der Waals surface area contributed by atoms with E-state index in [1.54, 1.807) is 60.5 Å². The van der Waals surface area contributed by atoms with Crippen LogP contribution in [0.3, 0.4) is 0 Å². The largest absolute Gasteiger partial charge is 0.461 e. The number of benzene rings is 2. The molecule has 2 amide bonds. The molecule has 0 saturated carbocycles. The van der Waals surface area contributed by atoms with Gasteiger partial charge in [0.1, 0.15) is 17.1 Å². The number of nitrogens with zero attached hydrogens (tertiary/aromatic N) is 4. The van der Waals surface area contributed by atoms with E-state index in [-0.39, 0.29) is 23.9 Å². The summed E-state index contributed by atoms with van der Waals surface area (Å²) in [5.74, 6) is 6.24. The highest BCUT2D eigenvalue weighted by Gasteiger charge is 2.36. The van der Waals surface area contributed by atoms with Gasteiger partial charge >= 0.3 is 12.1 Å². The van der Waals surface area contributed by atoms with Crippen molar-refractivity contribution in [1.29, 1.82) is 0 Å². The zero-order valence-corrected chi connectivity index (χ0v) is 27.0. The normalized spacial score (nSPS) is 14.9. The lowest BCUT2D eigenvalue weighted by atomic mass is 10.0. The van der Waals surface area contributed by atoms with Crippen LogP contribution in [-0.4, -0.2) is 56.3 Å². The van der Waals surface area contributed by atoms with E-state index in [2.05, 4.69) is 10.3 Å². The van der Waals surface area contributed by atoms with E-state index in [0.717, 1.165) is 24.0 Å². The summed E-state index contributed by atoms with van der Waals surface area (Å²) in [4.78, 5) is 50.1. The van der Waals surface area contributed by atoms with Crippen LogP contribution < -0.4 is 11.2 Å². The maximum absolute atomic E-state index is 13.1. The number of likely N-dealkylation sites (tertiary alicyclic amines) is 1. The van der Waals surface area contributed by atoms with Crippen molar-refractivity contribution in [2.75, 3.05) is 24.3 Å². The number of ether oxygens (including phenoxy) is 2. The van der Waals surface area contributed by atoms with E-state index in [0.29, 0.717) is 40.8 Å². The molecule has 4 aromatic rings. The molecule has 0 aliphatic carbocycles. The van der Waals surface area contributed by atoms with Gasteiger partial charge in [0.05, 0.1) is 12.6 Å². The van der Waals surface area contributed by atoms with Crippen molar-refractivity contribution >= 4 is 35.4 Å². The smallest absolute Gasteiger partial charge is 0.410 e. The number of rotatable bonds is 7. The molecule has 2 aromatic heterocycles. The number of pyridine rings is 1. The number of nitrogens with one attached hydrogen (secondary N) is 1. The number of piperidine rings is 1. The molecule has 1 aliphatic heterocycles. The molecular formula is C34H37ClN6O5. The molecule has 3 N–H and O–H groups in total. The summed E-state index contributed by atoms with van der Waals surface area (Å²) in [6.07, 6.45) is 3.41. The second-order valence-electron chi connectivity index (χ2n) is 11.9. The number of imidazole rings is 1. The summed E-state index contributed by atoms with van der Waals surface area (Å²) in [5, 5.41) is 3.47. The fourth-order valence-electron chi connectivity index (χ4n) is 5.31. The molecule has 1 saturated heterocycles. The van der Waals surface area contributed by atoms with E-state index in [4.69, 9.17) is 31.9 Å². The topological polar surface area (TPSA) is 142 Å². The van der Waals surface area contributed by atoms with Gasteiger partial charge in [-0.2, -0.15) is 0 Å². The van der Waals surface area contributed by atoms with Gasteiger partial charge in [-0.25, -0.2) is 24.2 Å². The molecule has 0 radical (unpaired) electrons. The maximum atomic E-state index is 13.1. The molecule has 0 bridgehead atoms. The lowest BCUT2D eigenvalue weighted by Gasteiger charge is -2.36. The Morgan fingerprint density at radius 2 is 1.70 bits per heavy atom. The molecule has 240 valence electrons. The molecule has 3 heterocycles. The highest BCUT2D eigenvalue weighted by Crippen LogP contribution is 2.35. The Bertz CT molecular complexity index is 1730. The van der Waals surface area contributed by atoms with Crippen LogP contribution in [0.25, 0.3) is 22.4 Å². The highest BCUT2D eigenvalue weighted by atomic mass is 35.5. The van der Waals surface area contributed by atoms with Crippen molar-refractivity contribution in [3.8, 4) is 22.4 Å². The van der Waals surface area contributed by atoms with E-state index in [1.165, 1.54) is 4.68 Å². The molecular weight excluding hydrogens is 608 g/mol. The van der Waals surface area contributed by atoms with Gasteiger partial charge in [0, 0.05) is 28.9 Å². The lowest BCUT2D eigenvalue weighted by molar-refractivity contribution is 0.00820. The number of anilines is 1. The average molecular weight is 645 g/mol. The van der Waals surface area contributed by atoms with Crippen LogP contribution in [0.15, 0.2) is 66.9 Å². The summed E-state index contributed by atoms with van der Waals surface area (Å²) in [7, 11) is 0. The Morgan fingerprint density at radius 3 is 2.37 bits per heavy atom. The predicted molar refractivity (Wildman–Crippen MR) is 176 cm³/mol. The van der Waals surface area contributed by atoms with Gasteiger partial charge in [0.25, 0.3) is 5.91 Å². The van der Waals surface area contributed by atoms with Crippen LogP contribution in [0.5, 0.6) is 0 Å². The Morgan fingerprint density at radius 1 is 1.00 bits per heavy atom. The highest BCUT2D eigenvalue weighted by molar-refractivity contribution is 6.30. The molecule has 1 unspecified atom stereocenters. The maximum Gasteiger partial charge on any atom is 0.410 e. The van der Waals surface area contributed by atoms with Crippen molar-refractivity contribution < 1.29 is 23.9 Å². The fraction of sp³-hybridized carbons (Fsp3) is 0.324. The second-order valence-corrected chi connectivity index (χ2v) is 12.3. The van der Waals surface area contributed by atoms with Crippen LogP contribution >= 0.6 is 11.6 Å². The minimum absolute atomic E-state index is 0.0481. The number of esters is 1. The number of aromatic nitrogens is 3. The Balaban J connectivity index is 1.41. The number of amides is 2. The molecule has 46 heavy (non-hydrogen) atoms. The predicted octanol–water partition coefficient (Wildman–Crippen LogP) is 6.87. The van der Waals surface area contributed by atoms with E-state index in [9.17, 15) is 14.4 Å². The van der Waals surface area contributed by atoms with E-state index < -0.39 is 23.7 Å². The summed E-state index contributed by atoms with van der Waals surface area (Å²) in [6.45, 7) is 7.74. The van der Waals surface area contributed by atoms with Gasteiger partial charge in [0.2, 0.25) is 0 Å². The van der Waals surface area contributed by atoms with Crippen molar-refractivity contribution in [3.63, 3.8) is 0 Å². The molecule has 2 aromatic carbocycles. The Labute approximate surface area is 272 Å². The van der Waals surface area contributed by atoms with Gasteiger partial charge in [-0.15, -0.1) is 0 Å². The first-order chi connectivity index (χ1) is 21.9. The van der Waals surface area contributed by atoms with Crippen LogP contribution in [0.4, 0.5) is 10.6 Å². The average Bonchev–Trinajstić information content (AvgIpc) is 3.37. The number of carbonyl (C=O) groups is 3. The monoisotopic (exact) mass is 644 g/mol. The zero-order valence-electron chi connectivity index (χ0n) is 26.2. The number of hydrogen-bond acceptors (Lipinski definition) is 8. The summed E-state index contributed by atoms with van der Waals surface area (Å²) in [6, 6.07) is 17.1. The van der Waals surface area contributed by atoms with Crippen LogP contribution in [0.2, 0.25) is 5.02 Å². The zero-order chi connectivity index (χ0) is 33.0. The first kappa shape index (κ1) is 32.5. The fourth-order valence-corrected chi connectivity index (χ4v) is 5.43. The van der Waals surface area contributed by atoms with E-state index in [1.807, 2.05) is 39.0 Å². The third kappa shape index (κ3) is 7.31. The summed E-state index contributed by atoms with van der Waals surface area (Å²) in [5.41, 5.74) is 2.39. The van der Waals surface area contributed by atoms with Gasteiger partial charge in [-0.1, -0.05) is 35.9 Å². The first-order valence-electron chi connectivity index (χ1n) is 15.1. The van der Waals surface area contributed by atoms with Crippen LogP contribution in [-0.2, 0) is 9.47 Å². The van der Waals surface area contributed by atoms with Gasteiger partial charge in [-0.05, 0) is 94.5 Å². The van der Waals surface area contributed by atoms with Crippen molar-refractivity contribution in [1.82, 2.24) is 19.5 Å². The molecule has 5 rings (SSSR count). The Kier molecular flexibility index (Phi) is 9.62. The number of halogens is 1. The van der Waals surface area contributed by atoms with Gasteiger partial charge in [-0.3, -0.25) is 9.69 Å². The number of carbonyl (C=O) groups excluding carboxylic acids is 3. The lowest BCUT2D eigenvalue weighted by Crippen LogP contribution is -2.43. The van der Waals surface area contributed by atoms with Gasteiger partial charge in [0.15, 0.2) is 11.5 Å². The third-order valence-corrected chi connectivity index (χ3v) is 7.69. The minimum Gasteiger partial charge on any atom is -0.461 e. The standard InChI is InChI=1S/C34H37ClN6O5/c1-5-45-32(43)29-28(39-30(41(29)36)26-8-6-7-19-40(26)33(44)46-34(2,3)4)22-9-11-23(12-10-22)31(42)38-27-20-24(17-18-37-27)21-13-15-25(35)16-14-21/h9-18,20,26H,5-8,19,36H2,1-4H3,(H,37,38,42). The minimum atomic E-state index is -0.679. The van der Waals surface area contributed by atoms with Gasteiger partial charge < -0.3 is 20.6 Å². The van der Waals surface area contributed by atoms with Crippen LogP contribution in [0, 0.1) is 0 Å². The quantitative estimate of drug-likeness (QED) is 0.164. The molecule has 1 aliphatic rings. The second kappa shape index (κ2) is 13.6. The number of nitrogen functional groups attached to an aromatic ring is 1. The van der Waals surface area contributed by atoms with E-state index >= 15 is 0 Å². The molecule has 1 atom stereocenters.